The predicted octanol–water partition coefficient (Wildman–Crippen LogP) is 1.29. The van der Waals surface area contributed by atoms with Gasteiger partial charge in [0.15, 0.2) is 9.84 Å². The first-order valence-corrected chi connectivity index (χ1v) is 7.16. The molecule has 0 bridgehead atoms. The van der Waals surface area contributed by atoms with E-state index >= 15 is 0 Å². The first-order chi connectivity index (χ1) is 8.55. The van der Waals surface area contributed by atoms with Crippen LogP contribution in [0.1, 0.15) is 5.56 Å². The summed E-state index contributed by atoms with van der Waals surface area (Å²) in [7, 11) is -3.17. The molecule has 0 aliphatic carbocycles. The lowest BCUT2D eigenvalue weighted by atomic mass is 10.2. The zero-order valence-corrected chi connectivity index (χ0v) is 10.6. The number of nitrogens with one attached hydrogen (secondary N) is 1. The Morgan fingerprint density at radius 3 is 2.67 bits per heavy atom. The Bertz CT molecular complexity index is 627. The van der Waals surface area contributed by atoms with Crippen LogP contribution in [0.4, 0.5) is 5.95 Å². The van der Waals surface area contributed by atoms with Crippen molar-refractivity contribution in [3.8, 4) is 0 Å². The molecule has 0 spiro atoms. The van der Waals surface area contributed by atoms with Gasteiger partial charge in [0.2, 0.25) is 5.95 Å². The van der Waals surface area contributed by atoms with Crippen molar-refractivity contribution in [2.75, 3.05) is 11.6 Å². The molecule has 93 valence electrons. The second kappa shape index (κ2) is 5.14. The third-order valence-corrected chi connectivity index (χ3v) is 3.41. The minimum atomic E-state index is -3.17. The smallest absolute Gasteiger partial charge is 0.222 e. The predicted molar refractivity (Wildman–Crippen MR) is 67.7 cm³/mol. The number of hydrogen-bond acceptors (Lipinski definition) is 5. The van der Waals surface area contributed by atoms with E-state index in [9.17, 15) is 8.42 Å². The van der Waals surface area contributed by atoms with E-state index in [-0.39, 0.29) is 0 Å². The number of hydrogen-bond donors (Lipinski definition) is 1. The Hall–Kier alpha value is -1.95. The van der Waals surface area contributed by atoms with E-state index < -0.39 is 9.84 Å². The monoisotopic (exact) mass is 262 g/mol. The fourth-order valence-corrected chi connectivity index (χ4v) is 2.11. The summed E-state index contributed by atoms with van der Waals surface area (Å²) in [5, 5.41) is 3.00. The molecule has 0 saturated carbocycles. The van der Waals surface area contributed by atoms with Crippen molar-refractivity contribution in [2.45, 2.75) is 11.4 Å². The molecule has 0 fully saturated rings. The Morgan fingerprint density at radius 1 is 1.28 bits per heavy atom. The van der Waals surface area contributed by atoms with Gasteiger partial charge in [-0.1, -0.05) is 12.1 Å². The van der Waals surface area contributed by atoms with Gasteiger partial charge in [-0.2, -0.15) is 0 Å². The lowest BCUT2D eigenvalue weighted by molar-refractivity contribution is 0.602. The lowest BCUT2D eigenvalue weighted by Crippen LogP contribution is -2.04. The second-order valence-electron chi connectivity index (χ2n) is 3.78. The number of nitrogens with zero attached hydrogens (tertiary/aromatic N) is 2. The van der Waals surface area contributed by atoms with Crippen molar-refractivity contribution in [1.29, 1.82) is 0 Å². The van der Waals surface area contributed by atoms with Gasteiger partial charge < -0.3 is 5.32 Å². The van der Waals surface area contributed by atoms with Gasteiger partial charge in [0, 0.05) is 31.3 Å². The van der Waals surface area contributed by atoms with Gasteiger partial charge in [0.05, 0.1) is 4.90 Å². The molecule has 0 saturated heterocycles. The summed E-state index contributed by atoms with van der Waals surface area (Å²) in [4.78, 5) is 8.25. The van der Waals surface area contributed by atoms with Gasteiger partial charge in [-0.25, -0.2) is 18.4 Å². The number of anilines is 1. The highest BCUT2D eigenvalue weighted by Gasteiger charge is 2.07. The quantitative estimate of drug-likeness (QED) is 0.899. The number of sulfone groups is 1. The zero-order valence-electron chi connectivity index (χ0n) is 9.79. The van der Waals surface area contributed by atoms with E-state index in [0.717, 1.165) is 5.56 Å². The van der Waals surface area contributed by atoms with E-state index in [1.165, 1.54) is 18.6 Å². The molecule has 0 unspecified atom stereocenters. The summed E-state index contributed by atoms with van der Waals surface area (Å²) in [6, 6.07) is 9.49. The molecule has 0 atom stereocenters. The molecule has 18 heavy (non-hydrogen) atoms. The maximum atomic E-state index is 11.4. The van der Waals surface area contributed by atoms with Crippen molar-refractivity contribution in [1.82, 2.24) is 9.97 Å². The summed E-state index contributed by atoms with van der Waals surface area (Å²) in [5.41, 5.74) is 0.856. The molecular weight excluding hydrogens is 250 g/mol. The van der Waals surface area contributed by atoms with Gasteiger partial charge in [-0.3, -0.25) is 0 Å². The molecular formula is C12H12N3O2S. The van der Waals surface area contributed by atoms with Crippen molar-refractivity contribution in [3.05, 3.63) is 48.3 Å². The molecule has 0 amide bonds. The van der Waals surface area contributed by atoms with Crippen LogP contribution >= 0.6 is 0 Å². The minimum Gasteiger partial charge on any atom is -0.350 e. The van der Waals surface area contributed by atoms with Crippen molar-refractivity contribution < 1.29 is 8.42 Å². The highest BCUT2D eigenvalue weighted by Crippen LogP contribution is 2.12. The third-order valence-electron chi connectivity index (χ3n) is 2.30. The summed E-state index contributed by atoms with van der Waals surface area (Å²) in [6.07, 6.45) is 4.22. The molecule has 2 aromatic rings. The normalized spacial score (nSPS) is 11.2. The van der Waals surface area contributed by atoms with Gasteiger partial charge >= 0.3 is 0 Å². The van der Waals surface area contributed by atoms with Gasteiger partial charge in [0.1, 0.15) is 0 Å². The van der Waals surface area contributed by atoms with Crippen LogP contribution < -0.4 is 5.32 Å². The maximum absolute atomic E-state index is 11.4. The van der Waals surface area contributed by atoms with Crippen LogP contribution in [-0.4, -0.2) is 24.6 Å². The van der Waals surface area contributed by atoms with Gasteiger partial charge in [-0.05, 0) is 17.7 Å². The second-order valence-corrected chi connectivity index (χ2v) is 5.80. The first-order valence-electron chi connectivity index (χ1n) is 5.27. The molecule has 1 N–H and O–H groups in total. The van der Waals surface area contributed by atoms with Crippen molar-refractivity contribution in [3.63, 3.8) is 0 Å². The van der Waals surface area contributed by atoms with E-state index in [1.54, 1.807) is 18.2 Å². The Kier molecular flexibility index (Phi) is 3.57. The number of benzene rings is 1. The van der Waals surface area contributed by atoms with Crippen LogP contribution in [0.3, 0.4) is 0 Å². The molecule has 1 aromatic carbocycles. The summed E-state index contributed by atoms with van der Waals surface area (Å²) in [5.74, 6) is 0.485. The van der Waals surface area contributed by atoms with E-state index in [1.807, 2.05) is 6.07 Å². The van der Waals surface area contributed by atoms with Crippen molar-refractivity contribution >= 4 is 15.8 Å². The minimum absolute atomic E-state index is 0.309. The average Bonchev–Trinajstić information content (AvgIpc) is 2.37. The van der Waals surface area contributed by atoms with E-state index in [4.69, 9.17) is 0 Å². The van der Waals surface area contributed by atoms with E-state index in [2.05, 4.69) is 21.4 Å². The van der Waals surface area contributed by atoms with Crippen LogP contribution in [0.2, 0.25) is 0 Å². The highest BCUT2D eigenvalue weighted by molar-refractivity contribution is 7.90. The first kappa shape index (κ1) is 12.5. The standard InChI is InChI=1S/C12H12N3O2S/c1-18(16,17)11-5-2-4-10(8-11)9-15-12-13-6-3-7-14-12/h2,4-8H,9H2,1H3,(H,13,14,15). The molecule has 6 heteroatoms. The summed E-state index contributed by atoms with van der Waals surface area (Å²) in [6.45, 7) is 0.466. The Balaban J connectivity index is 2.11. The largest absolute Gasteiger partial charge is 0.350 e. The summed E-state index contributed by atoms with van der Waals surface area (Å²) < 4.78 is 22.8. The fourth-order valence-electron chi connectivity index (χ4n) is 1.42. The van der Waals surface area contributed by atoms with E-state index in [0.29, 0.717) is 17.4 Å². The Morgan fingerprint density at radius 2 is 2.00 bits per heavy atom. The molecule has 5 nitrogen and oxygen atoms in total. The molecule has 1 radical (unpaired) electrons. The number of rotatable bonds is 4. The van der Waals surface area contributed by atoms with Crippen LogP contribution in [0.25, 0.3) is 0 Å². The van der Waals surface area contributed by atoms with Gasteiger partial charge in [-0.15, -0.1) is 0 Å². The summed E-state index contributed by atoms with van der Waals surface area (Å²) >= 11 is 0. The molecule has 0 aliphatic heterocycles. The lowest BCUT2D eigenvalue weighted by Gasteiger charge is -2.05. The molecule has 2 rings (SSSR count). The molecule has 1 heterocycles. The van der Waals surface area contributed by atoms with Crippen LogP contribution in [0.5, 0.6) is 0 Å². The average molecular weight is 262 g/mol. The zero-order chi connectivity index (χ0) is 13.0. The van der Waals surface area contributed by atoms with Gasteiger partial charge in [0.25, 0.3) is 0 Å². The van der Waals surface area contributed by atoms with Crippen LogP contribution in [-0.2, 0) is 16.4 Å². The van der Waals surface area contributed by atoms with Crippen LogP contribution in [0.15, 0.2) is 41.6 Å². The SMILES string of the molecule is CS(=O)(=O)c1cccc(CNc2nc[c]cn2)c1. The third kappa shape index (κ3) is 3.27. The molecule has 1 aromatic heterocycles. The number of aromatic nitrogens is 2. The van der Waals surface area contributed by atoms with Crippen LogP contribution in [0, 0.1) is 6.07 Å². The topological polar surface area (TPSA) is 72.0 Å². The Labute approximate surface area is 106 Å². The maximum Gasteiger partial charge on any atom is 0.222 e. The fraction of sp³-hybridized carbons (Fsp3) is 0.167. The molecule has 0 aliphatic rings. The van der Waals surface area contributed by atoms with Crippen molar-refractivity contribution in [2.24, 2.45) is 0 Å². The highest BCUT2D eigenvalue weighted by atomic mass is 32.2.